The number of thioether (sulfide) groups is 1. The zero-order valence-corrected chi connectivity index (χ0v) is 20.4. The van der Waals surface area contributed by atoms with Crippen LogP contribution < -0.4 is 5.32 Å². The molecule has 0 aliphatic carbocycles. The largest absolute Gasteiger partial charge is 0.346 e. The van der Waals surface area contributed by atoms with Gasteiger partial charge in [-0.1, -0.05) is 85.5 Å². The number of hydrogen-bond acceptors (Lipinski definition) is 4. The van der Waals surface area contributed by atoms with Gasteiger partial charge in [0.25, 0.3) is 0 Å². The molecule has 1 unspecified atom stereocenters. The second-order valence-corrected chi connectivity index (χ2v) is 9.33. The van der Waals surface area contributed by atoms with Crippen LogP contribution in [0.5, 0.6) is 0 Å². The van der Waals surface area contributed by atoms with Gasteiger partial charge in [-0.05, 0) is 44.9 Å². The number of unbranched alkanes of at least 4 members (excludes halogenated alkanes) is 3. The summed E-state index contributed by atoms with van der Waals surface area (Å²) in [6.45, 7) is 8.33. The van der Waals surface area contributed by atoms with Crippen LogP contribution >= 0.6 is 11.8 Å². The zero-order chi connectivity index (χ0) is 22.9. The second kappa shape index (κ2) is 11.9. The summed E-state index contributed by atoms with van der Waals surface area (Å²) >= 11 is 1.66. The van der Waals surface area contributed by atoms with Crippen molar-refractivity contribution in [2.75, 3.05) is 0 Å². The lowest BCUT2D eigenvalue weighted by atomic mass is 10.1. The Hall–Kier alpha value is -2.60. The first-order valence-corrected chi connectivity index (χ1v) is 12.5. The molecular formula is C26H34N4OS. The summed E-state index contributed by atoms with van der Waals surface area (Å²) < 4.78 is 2.07. The molecule has 32 heavy (non-hydrogen) atoms. The lowest BCUT2D eigenvalue weighted by molar-refractivity contribution is -0.121. The summed E-state index contributed by atoms with van der Waals surface area (Å²) in [5, 5.41) is 12.9. The van der Waals surface area contributed by atoms with Crippen molar-refractivity contribution in [1.82, 2.24) is 20.1 Å². The number of amides is 1. The van der Waals surface area contributed by atoms with Gasteiger partial charge in [0.05, 0.1) is 6.04 Å². The van der Waals surface area contributed by atoms with Crippen molar-refractivity contribution in [3.8, 4) is 5.69 Å². The van der Waals surface area contributed by atoms with E-state index in [0.29, 0.717) is 6.42 Å². The quantitative estimate of drug-likeness (QED) is 0.274. The first kappa shape index (κ1) is 24.1. The van der Waals surface area contributed by atoms with Crippen LogP contribution in [-0.4, -0.2) is 20.7 Å². The number of aryl methyl sites for hydroxylation is 2. The Morgan fingerprint density at radius 3 is 2.53 bits per heavy atom. The minimum absolute atomic E-state index is 0.0704. The number of nitrogens with one attached hydrogen (secondary N) is 1. The maximum absolute atomic E-state index is 12.5. The van der Waals surface area contributed by atoms with Gasteiger partial charge in [0.1, 0.15) is 0 Å². The molecule has 0 spiro atoms. The average Bonchev–Trinajstić information content (AvgIpc) is 3.20. The van der Waals surface area contributed by atoms with Crippen LogP contribution in [0.3, 0.4) is 0 Å². The van der Waals surface area contributed by atoms with Crippen LogP contribution in [0.15, 0.2) is 53.7 Å². The van der Waals surface area contributed by atoms with Gasteiger partial charge in [0.15, 0.2) is 11.0 Å². The lowest BCUT2D eigenvalue weighted by Crippen LogP contribution is -2.28. The summed E-state index contributed by atoms with van der Waals surface area (Å²) in [6, 6.07) is 16.6. The van der Waals surface area contributed by atoms with Crippen molar-refractivity contribution >= 4 is 17.7 Å². The Morgan fingerprint density at radius 1 is 1.03 bits per heavy atom. The third-order valence-electron chi connectivity index (χ3n) is 5.42. The Kier molecular flexibility index (Phi) is 8.91. The van der Waals surface area contributed by atoms with Crippen molar-refractivity contribution in [3.05, 3.63) is 71.0 Å². The monoisotopic (exact) mass is 450 g/mol. The third kappa shape index (κ3) is 6.70. The third-order valence-corrected chi connectivity index (χ3v) is 6.42. The number of hydrogen-bond donors (Lipinski definition) is 1. The van der Waals surface area contributed by atoms with E-state index in [1.807, 2.05) is 6.92 Å². The Labute approximate surface area is 196 Å². The van der Waals surface area contributed by atoms with Crippen molar-refractivity contribution in [1.29, 1.82) is 0 Å². The van der Waals surface area contributed by atoms with Crippen LogP contribution in [0.4, 0.5) is 0 Å². The van der Waals surface area contributed by atoms with Crippen LogP contribution in [0, 0.1) is 13.8 Å². The summed E-state index contributed by atoms with van der Waals surface area (Å²) in [6.07, 6.45) is 4.91. The maximum Gasteiger partial charge on any atom is 0.220 e. The molecule has 1 heterocycles. The van der Waals surface area contributed by atoms with E-state index in [2.05, 4.69) is 89.4 Å². The molecule has 3 aromatic rings. The molecule has 0 saturated carbocycles. The Bertz CT molecular complexity index is 1010. The fraction of sp³-hybridized carbons (Fsp3) is 0.423. The molecule has 0 aliphatic rings. The summed E-state index contributed by atoms with van der Waals surface area (Å²) in [5.41, 5.74) is 4.71. The molecule has 6 heteroatoms. The van der Waals surface area contributed by atoms with Crippen LogP contribution in [0.25, 0.3) is 5.69 Å². The SMILES string of the molecule is CCCCCCC(=O)NC(C)c1nnc(SCc2cccc(C)c2)n1-c1ccc(C)cc1. The zero-order valence-electron chi connectivity index (χ0n) is 19.6. The van der Waals surface area contributed by atoms with Crippen LogP contribution in [0.2, 0.25) is 0 Å². The predicted molar refractivity (Wildman–Crippen MR) is 132 cm³/mol. The minimum Gasteiger partial charge on any atom is -0.346 e. The van der Waals surface area contributed by atoms with Crippen molar-refractivity contribution in [2.24, 2.45) is 0 Å². The van der Waals surface area contributed by atoms with E-state index in [1.54, 1.807) is 11.8 Å². The van der Waals surface area contributed by atoms with Gasteiger partial charge in [-0.25, -0.2) is 0 Å². The number of rotatable bonds is 11. The van der Waals surface area contributed by atoms with Gasteiger partial charge < -0.3 is 5.32 Å². The Morgan fingerprint density at radius 2 is 1.81 bits per heavy atom. The number of carbonyl (C=O) groups is 1. The van der Waals surface area contributed by atoms with Gasteiger partial charge in [-0.3, -0.25) is 9.36 Å². The fourth-order valence-electron chi connectivity index (χ4n) is 3.63. The van der Waals surface area contributed by atoms with Crippen molar-refractivity contribution < 1.29 is 4.79 Å². The molecule has 1 atom stereocenters. The number of nitrogens with zero attached hydrogens (tertiary/aromatic N) is 3. The van der Waals surface area contributed by atoms with E-state index in [4.69, 9.17) is 0 Å². The van der Waals surface area contributed by atoms with Gasteiger partial charge in [0, 0.05) is 17.9 Å². The first-order valence-electron chi connectivity index (χ1n) is 11.5. The molecule has 1 aromatic heterocycles. The molecule has 0 aliphatic heterocycles. The van der Waals surface area contributed by atoms with E-state index in [-0.39, 0.29) is 11.9 Å². The number of carbonyl (C=O) groups excluding carboxylic acids is 1. The van der Waals surface area contributed by atoms with E-state index in [0.717, 1.165) is 35.3 Å². The van der Waals surface area contributed by atoms with E-state index >= 15 is 0 Å². The fourth-order valence-corrected chi connectivity index (χ4v) is 4.53. The van der Waals surface area contributed by atoms with Crippen LogP contribution in [-0.2, 0) is 10.5 Å². The normalized spacial score (nSPS) is 12.0. The molecule has 1 N–H and O–H groups in total. The van der Waals surface area contributed by atoms with Gasteiger partial charge in [0.2, 0.25) is 5.91 Å². The summed E-state index contributed by atoms with van der Waals surface area (Å²) in [5.74, 6) is 1.63. The van der Waals surface area contributed by atoms with E-state index < -0.39 is 0 Å². The minimum atomic E-state index is -0.226. The highest BCUT2D eigenvalue weighted by molar-refractivity contribution is 7.98. The predicted octanol–water partition coefficient (Wildman–Crippen LogP) is 6.32. The molecule has 2 aromatic carbocycles. The highest BCUT2D eigenvalue weighted by Crippen LogP contribution is 2.28. The number of aromatic nitrogens is 3. The van der Waals surface area contributed by atoms with Crippen LogP contribution in [0.1, 0.15) is 74.5 Å². The molecule has 5 nitrogen and oxygen atoms in total. The Balaban J connectivity index is 1.79. The standard InChI is InChI=1S/C26H34N4OS/c1-5-6-7-8-12-24(31)27-21(4)25-28-29-26(30(25)23-15-13-19(2)14-16-23)32-18-22-11-9-10-20(3)17-22/h9-11,13-17,21H,5-8,12,18H2,1-4H3,(H,27,31). The average molecular weight is 451 g/mol. The number of benzene rings is 2. The van der Waals surface area contributed by atoms with Gasteiger partial charge in [-0.15, -0.1) is 10.2 Å². The van der Waals surface area contributed by atoms with Crippen molar-refractivity contribution in [2.45, 2.75) is 76.8 Å². The second-order valence-electron chi connectivity index (χ2n) is 8.39. The van der Waals surface area contributed by atoms with E-state index in [9.17, 15) is 4.79 Å². The topological polar surface area (TPSA) is 59.8 Å². The summed E-state index contributed by atoms with van der Waals surface area (Å²) in [7, 11) is 0. The van der Waals surface area contributed by atoms with Gasteiger partial charge in [-0.2, -0.15) is 0 Å². The molecule has 0 saturated heterocycles. The molecular weight excluding hydrogens is 416 g/mol. The first-order chi connectivity index (χ1) is 15.5. The molecule has 0 bridgehead atoms. The smallest absolute Gasteiger partial charge is 0.220 e. The molecule has 0 radical (unpaired) electrons. The highest BCUT2D eigenvalue weighted by atomic mass is 32.2. The molecule has 1 amide bonds. The van der Waals surface area contributed by atoms with Crippen molar-refractivity contribution in [3.63, 3.8) is 0 Å². The maximum atomic E-state index is 12.5. The van der Waals surface area contributed by atoms with Gasteiger partial charge >= 0.3 is 0 Å². The molecule has 3 rings (SSSR count). The highest BCUT2D eigenvalue weighted by Gasteiger charge is 2.21. The molecule has 0 fully saturated rings. The summed E-state index contributed by atoms with van der Waals surface area (Å²) in [4.78, 5) is 12.5. The molecule has 170 valence electrons. The lowest BCUT2D eigenvalue weighted by Gasteiger charge is -2.16. The van der Waals surface area contributed by atoms with E-state index in [1.165, 1.54) is 29.5 Å².